The third-order valence-corrected chi connectivity index (χ3v) is 7.19. The number of rotatable bonds is 9. The number of benzene rings is 1. The van der Waals surface area contributed by atoms with Gasteiger partial charge >= 0.3 is 0 Å². The maximum Gasteiger partial charge on any atom is 0.286 e. The van der Waals surface area contributed by atoms with E-state index in [0.717, 1.165) is 48.6 Å². The molecular formula is C27H32Cl2N6O2. The minimum absolute atomic E-state index is 0.241. The summed E-state index contributed by atoms with van der Waals surface area (Å²) in [4.78, 5) is 29.3. The number of H-pyrrole nitrogens is 1. The molecule has 4 rings (SSSR count). The average molecular weight is 543 g/mol. The van der Waals surface area contributed by atoms with Gasteiger partial charge in [-0.15, -0.1) is 0 Å². The van der Waals surface area contributed by atoms with E-state index in [2.05, 4.69) is 43.9 Å². The lowest BCUT2D eigenvalue weighted by Gasteiger charge is -2.44. The predicted molar refractivity (Wildman–Crippen MR) is 150 cm³/mol. The Labute approximate surface area is 227 Å². The smallest absolute Gasteiger partial charge is 0.286 e. The molecule has 0 spiro atoms. The van der Waals surface area contributed by atoms with Crippen LogP contribution in [-0.4, -0.2) is 71.1 Å². The first-order chi connectivity index (χ1) is 17.9. The number of aromatic nitrogens is 3. The van der Waals surface area contributed by atoms with Gasteiger partial charge in [0, 0.05) is 67.3 Å². The van der Waals surface area contributed by atoms with Gasteiger partial charge in [-0.2, -0.15) is 0 Å². The number of nitrogens with one attached hydrogen (secondary N) is 2. The van der Waals surface area contributed by atoms with Crippen molar-refractivity contribution < 1.29 is 9.53 Å². The molecule has 2 N–H and O–H groups in total. The number of ether oxygens (including phenoxy) is 1. The van der Waals surface area contributed by atoms with Crippen molar-refractivity contribution in [2.45, 2.75) is 32.4 Å². The van der Waals surface area contributed by atoms with Crippen LogP contribution in [0.25, 0.3) is 17.0 Å². The first-order valence-electron chi connectivity index (χ1n) is 12.3. The third-order valence-electron chi connectivity index (χ3n) is 6.46. The monoisotopic (exact) mass is 542 g/mol. The highest BCUT2D eigenvalue weighted by molar-refractivity contribution is 6.42. The summed E-state index contributed by atoms with van der Waals surface area (Å²) in [7, 11) is 1.49. The van der Waals surface area contributed by atoms with E-state index in [9.17, 15) is 4.79 Å². The molecule has 0 radical (unpaired) electrons. The molecule has 1 aliphatic heterocycles. The summed E-state index contributed by atoms with van der Waals surface area (Å²) in [5.74, 6) is 0.783. The van der Waals surface area contributed by atoms with E-state index in [4.69, 9.17) is 27.9 Å². The second-order valence-electron chi connectivity index (χ2n) is 9.17. The van der Waals surface area contributed by atoms with Crippen molar-refractivity contribution in [2.75, 3.05) is 38.2 Å². The number of fused-ring (bicyclic) bond motifs is 1. The van der Waals surface area contributed by atoms with Crippen molar-refractivity contribution in [2.24, 2.45) is 0 Å². The van der Waals surface area contributed by atoms with E-state index in [1.54, 1.807) is 30.6 Å². The minimum Gasteiger partial charge on any atom is -0.491 e. The van der Waals surface area contributed by atoms with E-state index in [0.29, 0.717) is 28.7 Å². The fourth-order valence-corrected chi connectivity index (χ4v) is 5.02. The fraction of sp³-hybridized carbons (Fsp3) is 0.370. The lowest BCUT2D eigenvalue weighted by molar-refractivity contribution is -0.120. The molecular weight excluding hydrogens is 511 g/mol. The van der Waals surface area contributed by atoms with Gasteiger partial charge in [0.2, 0.25) is 5.95 Å². The van der Waals surface area contributed by atoms with Crippen molar-refractivity contribution in [1.82, 2.24) is 25.2 Å². The maximum absolute atomic E-state index is 12.6. The van der Waals surface area contributed by atoms with Crippen LogP contribution in [0.15, 0.2) is 54.6 Å². The van der Waals surface area contributed by atoms with E-state index < -0.39 is 0 Å². The summed E-state index contributed by atoms with van der Waals surface area (Å²) >= 11 is 12.2. The summed E-state index contributed by atoms with van der Waals surface area (Å²) in [5, 5.41) is 4.93. The zero-order valence-corrected chi connectivity index (χ0v) is 22.8. The number of halogens is 2. The van der Waals surface area contributed by atoms with Gasteiger partial charge in [-0.05, 0) is 56.7 Å². The van der Waals surface area contributed by atoms with Crippen molar-refractivity contribution >= 4 is 52.0 Å². The topological polar surface area (TPSA) is 86.4 Å². The third kappa shape index (κ3) is 6.83. The Morgan fingerprint density at radius 3 is 2.57 bits per heavy atom. The molecule has 8 nitrogen and oxygen atoms in total. The van der Waals surface area contributed by atoms with Crippen LogP contribution in [0.5, 0.6) is 0 Å². The second-order valence-corrected chi connectivity index (χ2v) is 9.99. The highest BCUT2D eigenvalue weighted by Crippen LogP contribution is 2.28. The number of piperazine rings is 1. The largest absolute Gasteiger partial charge is 0.491 e. The summed E-state index contributed by atoms with van der Waals surface area (Å²) in [5.41, 5.74) is 1.75. The summed E-state index contributed by atoms with van der Waals surface area (Å²) < 4.78 is 5.30. The average Bonchev–Trinajstić information content (AvgIpc) is 3.27. The van der Waals surface area contributed by atoms with Crippen molar-refractivity contribution in [1.29, 1.82) is 0 Å². The molecule has 3 aromatic rings. The molecule has 1 amide bonds. The van der Waals surface area contributed by atoms with Gasteiger partial charge in [0.05, 0.1) is 17.2 Å². The first kappa shape index (κ1) is 27.0. The Morgan fingerprint density at radius 2 is 1.86 bits per heavy atom. The summed E-state index contributed by atoms with van der Waals surface area (Å²) in [6.07, 6.45) is 9.67. The van der Waals surface area contributed by atoms with Crippen molar-refractivity contribution in [3.8, 4) is 0 Å². The number of hydrogen-bond donors (Lipinski definition) is 2. The normalized spacial score (nSPS) is 19.1. The maximum atomic E-state index is 12.6. The molecule has 196 valence electrons. The SMILES string of the molecule is CO/C(=C\C=C\c1cc2cc(Cl)c(Cl)cc2[nH]1)C(=O)NCCCN1C(C)CN(c2ncccn2)CC1C. The van der Waals surface area contributed by atoms with Crippen LogP contribution in [-0.2, 0) is 9.53 Å². The van der Waals surface area contributed by atoms with Crippen molar-refractivity contribution in [3.05, 3.63) is 70.3 Å². The molecule has 1 fully saturated rings. The minimum atomic E-state index is -0.241. The molecule has 0 aliphatic carbocycles. The number of carbonyl (C=O) groups excluding carboxylic acids is 1. The van der Waals surface area contributed by atoms with Gasteiger partial charge < -0.3 is 19.9 Å². The van der Waals surface area contributed by atoms with Gasteiger partial charge in [0.1, 0.15) is 0 Å². The number of carbonyl (C=O) groups is 1. The highest BCUT2D eigenvalue weighted by Gasteiger charge is 2.30. The molecule has 0 saturated carbocycles. The van der Waals surface area contributed by atoms with E-state index in [-0.39, 0.29) is 11.7 Å². The summed E-state index contributed by atoms with van der Waals surface area (Å²) in [6.45, 7) is 7.65. The summed E-state index contributed by atoms with van der Waals surface area (Å²) in [6, 6.07) is 8.12. The number of hydrogen-bond acceptors (Lipinski definition) is 6. The van der Waals surface area contributed by atoms with Crippen LogP contribution in [0.3, 0.4) is 0 Å². The first-order valence-corrected chi connectivity index (χ1v) is 13.1. The van der Waals surface area contributed by atoms with Crippen LogP contribution in [0.4, 0.5) is 5.95 Å². The number of aromatic amines is 1. The van der Waals surface area contributed by atoms with Crippen LogP contribution in [0.2, 0.25) is 10.0 Å². The molecule has 1 saturated heterocycles. The van der Waals surface area contributed by atoms with E-state index in [1.165, 1.54) is 7.11 Å². The van der Waals surface area contributed by atoms with Crippen LogP contribution in [0, 0.1) is 0 Å². The molecule has 0 bridgehead atoms. The van der Waals surface area contributed by atoms with Gasteiger partial charge in [-0.25, -0.2) is 9.97 Å². The van der Waals surface area contributed by atoms with Crippen LogP contribution >= 0.6 is 23.2 Å². The van der Waals surface area contributed by atoms with Crippen LogP contribution in [0.1, 0.15) is 26.0 Å². The number of nitrogens with zero attached hydrogens (tertiary/aromatic N) is 4. The highest BCUT2D eigenvalue weighted by atomic mass is 35.5. The van der Waals surface area contributed by atoms with Gasteiger partial charge in [-0.3, -0.25) is 9.69 Å². The van der Waals surface area contributed by atoms with E-state index in [1.807, 2.05) is 24.3 Å². The number of allylic oxidation sites excluding steroid dienone is 2. The lowest BCUT2D eigenvalue weighted by Crippen LogP contribution is -2.57. The Hall–Kier alpha value is -3.07. The molecule has 2 aromatic heterocycles. The molecule has 2 unspecified atom stereocenters. The second kappa shape index (κ2) is 12.4. The molecule has 2 atom stereocenters. The zero-order chi connectivity index (χ0) is 26.4. The quantitative estimate of drug-likeness (QED) is 0.173. The van der Waals surface area contributed by atoms with Crippen molar-refractivity contribution in [3.63, 3.8) is 0 Å². The Kier molecular flexibility index (Phi) is 9.08. The molecule has 37 heavy (non-hydrogen) atoms. The molecule has 3 heterocycles. The van der Waals surface area contributed by atoms with Gasteiger partial charge in [0.15, 0.2) is 5.76 Å². The molecule has 10 heteroatoms. The fourth-order valence-electron chi connectivity index (χ4n) is 4.68. The lowest BCUT2D eigenvalue weighted by atomic mass is 10.1. The van der Waals surface area contributed by atoms with E-state index >= 15 is 0 Å². The van der Waals surface area contributed by atoms with Gasteiger partial charge in [0.25, 0.3) is 5.91 Å². The molecule has 1 aliphatic rings. The van der Waals surface area contributed by atoms with Gasteiger partial charge in [-0.1, -0.05) is 29.3 Å². The number of methoxy groups -OCH3 is 1. The predicted octanol–water partition coefficient (Wildman–Crippen LogP) is 4.91. The Morgan fingerprint density at radius 1 is 1.16 bits per heavy atom. The zero-order valence-electron chi connectivity index (χ0n) is 21.2. The standard InChI is InChI=1S/C27H32Cl2N6O2/c1-18-16-34(27-31-9-5-10-32-27)17-19(2)35(18)12-6-11-30-26(36)25(37-3)8-4-7-21-13-20-14-22(28)23(29)15-24(20)33-21/h4-5,7-10,13-15,18-19,33H,6,11-12,16-17H2,1-3H3,(H,30,36)/b7-4+,25-8-. The number of anilines is 1. The Balaban J connectivity index is 1.25. The molecule has 1 aromatic carbocycles. The number of amides is 1. The Bertz CT molecular complexity index is 1230. The van der Waals surface area contributed by atoms with Crippen LogP contribution < -0.4 is 10.2 Å².